The van der Waals surface area contributed by atoms with E-state index in [1.54, 1.807) is 0 Å². The molecule has 5 aromatic rings. The number of fused-ring (bicyclic) bond motifs is 4. The zero-order valence-corrected chi connectivity index (χ0v) is 28.3. The van der Waals surface area contributed by atoms with E-state index in [4.69, 9.17) is 23.6 Å². The topological polar surface area (TPSA) is 141 Å². The number of amides is 2. The number of esters is 1. The van der Waals surface area contributed by atoms with Gasteiger partial charge in [-0.1, -0.05) is 105 Å². The van der Waals surface area contributed by atoms with Crippen LogP contribution in [0.3, 0.4) is 0 Å². The van der Waals surface area contributed by atoms with Crippen molar-refractivity contribution in [1.82, 2.24) is 15.6 Å². The third-order valence-corrected chi connectivity index (χ3v) is 9.83. The number of carbonyl (C=O) groups is 3. The number of anilines is 1. The van der Waals surface area contributed by atoms with Gasteiger partial charge in [0.25, 0.3) is 0 Å². The number of oxazole rings is 1. The Hall–Kier alpha value is -6.10. The number of para-hydroxylation sites is 1. The van der Waals surface area contributed by atoms with Gasteiger partial charge in [-0.15, -0.1) is 0 Å². The molecule has 1 spiro atoms. The minimum atomic E-state index is -1.18. The number of benzene rings is 4. The molecule has 0 saturated heterocycles. The summed E-state index contributed by atoms with van der Waals surface area (Å²) in [6.07, 6.45) is -1.31. The van der Waals surface area contributed by atoms with Crippen LogP contribution in [0.15, 0.2) is 101 Å². The molecule has 0 fully saturated rings. The van der Waals surface area contributed by atoms with Crippen molar-refractivity contribution < 1.29 is 33.0 Å². The Morgan fingerprint density at radius 2 is 1.73 bits per heavy atom. The van der Waals surface area contributed by atoms with Gasteiger partial charge in [0.1, 0.15) is 29.9 Å². The van der Waals surface area contributed by atoms with Gasteiger partial charge in [0.05, 0.1) is 7.11 Å². The Balaban J connectivity index is 1.29. The van der Waals surface area contributed by atoms with Gasteiger partial charge in [-0.2, -0.15) is 0 Å². The summed E-state index contributed by atoms with van der Waals surface area (Å²) in [6.45, 7) is 3.87. The number of aromatic nitrogens is 1. The molecule has 1 unspecified atom stereocenters. The maximum atomic E-state index is 14.0. The van der Waals surface area contributed by atoms with E-state index < -0.39 is 41.7 Å². The molecule has 3 aliphatic rings. The lowest BCUT2D eigenvalue weighted by atomic mass is 9.72. The molecule has 3 aliphatic heterocycles. The summed E-state index contributed by atoms with van der Waals surface area (Å²) in [5.74, 6) is -0.412. The molecule has 0 saturated carbocycles. The molecule has 3 N–H and O–H groups in total. The van der Waals surface area contributed by atoms with Crippen LogP contribution in [0.25, 0.3) is 11.1 Å². The predicted molar refractivity (Wildman–Crippen MR) is 187 cm³/mol. The average molecular weight is 685 g/mol. The van der Waals surface area contributed by atoms with E-state index in [0.29, 0.717) is 5.75 Å². The van der Waals surface area contributed by atoms with Gasteiger partial charge in [0.2, 0.25) is 11.8 Å². The van der Waals surface area contributed by atoms with Crippen LogP contribution in [0.5, 0.6) is 5.75 Å². The molecule has 0 aliphatic carbocycles. The Morgan fingerprint density at radius 3 is 2.47 bits per heavy atom. The number of nitrogens with zero attached hydrogens (tertiary/aromatic N) is 1. The number of carbonyl (C=O) groups excluding carboxylic acids is 3. The molecule has 11 heteroatoms. The number of hydrogen-bond donors (Lipinski definition) is 3. The Morgan fingerprint density at radius 1 is 0.961 bits per heavy atom. The Kier molecular flexibility index (Phi) is 7.97. The zero-order chi connectivity index (χ0) is 35.3. The Labute approximate surface area is 294 Å². The van der Waals surface area contributed by atoms with Gasteiger partial charge < -0.3 is 34.6 Å². The molecular weight excluding hydrogens is 648 g/mol. The maximum Gasteiger partial charge on any atom is 0.408 e. The molecule has 1 aromatic heterocycles. The van der Waals surface area contributed by atoms with Gasteiger partial charge in [0.15, 0.2) is 17.7 Å². The highest BCUT2D eigenvalue weighted by molar-refractivity contribution is 5.92. The first kappa shape index (κ1) is 32.1. The fourth-order valence-corrected chi connectivity index (χ4v) is 7.38. The standard InChI is InChI=1S/C40H36N4O7/c1-22(2)31-36-43-33(37(46)48-3)34(51-36)40-27-16-10-15-26(25-13-8-5-9-14-25)32(27)44-38(40)50-30-18-17-24(19-28(30)40)20-29(35(45)42-31)41-39(47)49-21-23-11-6-4-7-12-23/h4-19,22,29,31,38,44H,20-21H2,1-3H3,(H,41,47)(H,42,45)/t29-,31-,38-,40?/m0/s1. The average Bonchev–Trinajstić information content (AvgIpc) is 3.82. The van der Waals surface area contributed by atoms with Crippen molar-refractivity contribution in [2.75, 3.05) is 12.4 Å². The van der Waals surface area contributed by atoms with Crippen LogP contribution in [0.4, 0.5) is 10.5 Å². The van der Waals surface area contributed by atoms with Crippen LogP contribution >= 0.6 is 0 Å². The number of rotatable bonds is 6. The van der Waals surface area contributed by atoms with Crippen molar-refractivity contribution in [1.29, 1.82) is 0 Å². The predicted octanol–water partition coefficient (Wildman–Crippen LogP) is 6.27. The molecule has 8 rings (SSSR count). The van der Waals surface area contributed by atoms with Crippen LogP contribution in [0, 0.1) is 5.92 Å². The quantitative estimate of drug-likeness (QED) is 0.177. The second kappa shape index (κ2) is 12.7. The lowest BCUT2D eigenvalue weighted by Gasteiger charge is -2.28. The van der Waals surface area contributed by atoms with Gasteiger partial charge in [-0.3, -0.25) is 4.79 Å². The van der Waals surface area contributed by atoms with Crippen molar-refractivity contribution in [3.63, 3.8) is 0 Å². The third kappa shape index (κ3) is 5.36. The Bertz CT molecular complexity index is 2150. The molecule has 51 heavy (non-hydrogen) atoms. The number of ether oxygens (including phenoxy) is 3. The summed E-state index contributed by atoms with van der Waals surface area (Å²) >= 11 is 0. The van der Waals surface area contributed by atoms with E-state index in [1.807, 2.05) is 111 Å². The fourth-order valence-electron chi connectivity index (χ4n) is 7.38. The van der Waals surface area contributed by atoms with Gasteiger partial charge in [-0.25, -0.2) is 14.6 Å². The van der Waals surface area contributed by atoms with Gasteiger partial charge in [-0.05, 0) is 28.7 Å². The van der Waals surface area contributed by atoms with Crippen LogP contribution < -0.4 is 20.7 Å². The molecule has 258 valence electrons. The molecular formula is C40H36N4O7. The van der Waals surface area contributed by atoms with Crippen molar-refractivity contribution in [3.05, 3.63) is 137 Å². The van der Waals surface area contributed by atoms with E-state index in [1.165, 1.54) is 7.11 Å². The number of hydrogen-bond acceptors (Lipinski definition) is 9. The summed E-state index contributed by atoms with van der Waals surface area (Å²) in [6, 6.07) is 29.2. The highest BCUT2D eigenvalue weighted by Gasteiger charge is 2.61. The SMILES string of the molecule is COC(=O)c1nc2oc1C13c4cc(ccc4O[C@@H]1Nc1c(-c4ccccc4)cccc13)C[C@H](NC(=O)OCc1ccccc1)C(=O)N[C@H]2C(C)C. The van der Waals surface area contributed by atoms with Crippen molar-refractivity contribution in [2.45, 2.75) is 50.6 Å². The number of methoxy groups -OCH3 is 1. The monoisotopic (exact) mass is 684 g/mol. The molecule has 4 heterocycles. The van der Waals surface area contributed by atoms with Crippen molar-refractivity contribution >= 4 is 23.7 Å². The fraction of sp³-hybridized carbons (Fsp3) is 0.250. The lowest BCUT2D eigenvalue weighted by molar-refractivity contribution is -0.124. The second-order valence-electron chi connectivity index (χ2n) is 13.3. The van der Waals surface area contributed by atoms with Crippen LogP contribution in [0.1, 0.15) is 64.3 Å². The van der Waals surface area contributed by atoms with E-state index in [2.05, 4.69) is 16.0 Å². The van der Waals surface area contributed by atoms with E-state index in [9.17, 15) is 14.4 Å². The summed E-state index contributed by atoms with van der Waals surface area (Å²) < 4.78 is 24.2. The van der Waals surface area contributed by atoms with Crippen LogP contribution in [0.2, 0.25) is 0 Å². The highest BCUT2D eigenvalue weighted by atomic mass is 16.5. The van der Waals surface area contributed by atoms with Gasteiger partial charge in [0, 0.05) is 28.8 Å². The summed E-state index contributed by atoms with van der Waals surface area (Å²) in [5, 5.41) is 9.45. The maximum absolute atomic E-state index is 14.0. The minimum absolute atomic E-state index is 0.0163. The molecule has 4 atom stereocenters. The van der Waals surface area contributed by atoms with Crippen LogP contribution in [-0.2, 0) is 32.7 Å². The van der Waals surface area contributed by atoms with E-state index in [0.717, 1.165) is 39.1 Å². The lowest BCUT2D eigenvalue weighted by Crippen LogP contribution is -2.49. The second-order valence-corrected chi connectivity index (χ2v) is 13.3. The first-order valence-corrected chi connectivity index (χ1v) is 16.9. The summed E-state index contributed by atoms with van der Waals surface area (Å²) in [7, 11) is 1.30. The van der Waals surface area contributed by atoms with Gasteiger partial charge >= 0.3 is 12.1 Å². The number of alkyl carbamates (subject to hydrolysis) is 1. The number of nitrogens with one attached hydrogen (secondary N) is 3. The first-order chi connectivity index (χ1) is 24.8. The third-order valence-electron chi connectivity index (χ3n) is 9.83. The summed E-state index contributed by atoms with van der Waals surface area (Å²) in [5.41, 5.74) is 4.71. The van der Waals surface area contributed by atoms with E-state index >= 15 is 0 Å². The van der Waals surface area contributed by atoms with E-state index in [-0.39, 0.29) is 36.3 Å². The van der Waals surface area contributed by atoms with Crippen LogP contribution in [-0.4, -0.2) is 42.3 Å². The summed E-state index contributed by atoms with van der Waals surface area (Å²) in [4.78, 5) is 45.5. The largest absolute Gasteiger partial charge is 0.469 e. The molecule has 2 amide bonds. The normalized spacial score (nSPS) is 21.2. The molecule has 0 radical (unpaired) electrons. The minimum Gasteiger partial charge on any atom is -0.469 e. The zero-order valence-electron chi connectivity index (χ0n) is 28.3. The molecule has 11 nitrogen and oxygen atoms in total. The molecule has 4 bridgehead atoms. The smallest absolute Gasteiger partial charge is 0.408 e. The van der Waals surface area contributed by atoms with Crippen molar-refractivity contribution in [2.24, 2.45) is 5.92 Å². The first-order valence-electron chi connectivity index (χ1n) is 16.9. The highest BCUT2D eigenvalue weighted by Crippen LogP contribution is 2.60. The molecule has 4 aromatic carbocycles. The van der Waals surface area contributed by atoms with Crippen molar-refractivity contribution in [3.8, 4) is 16.9 Å².